The van der Waals surface area contributed by atoms with Gasteiger partial charge in [-0.3, -0.25) is 15.0 Å². The molecule has 0 fully saturated rings. The van der Waals surface area contributed by atoms with Gasteiger partial charge < -0.3 is 0 Å². The summed E-state index contributed by atoms with van der Waals surface area (Å²) in [6.07, 6.45) is 1.72. The molecule has 0 bridgehead atoms. The highest BCUT2D eigenvalue weighted by Crippen LogP contribution is 2.22. The van der Waals surface area contributed by atoms with Crippen LogP contribution in [0.2, 0.25) is 0 Å². The molecule has 0 radical (unpaired) electrons. The average molecular weight is 307 g/mol. The van der Waals surface area contributed by atoms with Crippen LogP contribution in [0.1, 0.15) is 35.7 Å². The summed E-state index contributed by atoms with van der Waals surface area (Å²) >= 11 is 0. The smallest absolute Gasteiger partial charge is 0.274 e. The largest absolute Gasteiger partial charge is 0.288 e. The first-order valence-electron chi connectivity index (χ1n) is 7.40. The summed E-state index contributed by atoms with van der Waals surface area (Å²) in [5, 5.41) is 8.73. The minimum atomic E-state index is -0.569. The second-order valence-electron chi connectivity index (χ2n) is 5.68. The van der Waals surface area contributed by atoms with E-state index in [2.05, 4.69) is 35.9 Å². The van der Waals surface area contributed by atoms with Crippen LogP contribution in [0, 0.1) is 0 Å². The van der Waals surface area contributed by atoms with Gasteiger partial charge in [-0.25, -0.2) is 10.5 Å². The molecule has 1 heterocycles. The molecule has 1 aromatic heterocycles. The van der Waals surface area contributed by atoms with Crippen molar-refractivity contribution in [2.24, 2.45) is 0 Å². The molecule has 2 N–H and O–H groups in total. The van der Waals surface area contributed by atoms with Crippen LogP contribution >= 0.6 is 0 Å². The van der Waals surface area contributed by atoms with Crippen LogP contribution in [-0.2, 0) is 0 Å². The highest BCUT2D eigenvalue weighted by Gasteiger charge is 2.08. The number of aromatic nitrogens is 2. The zero-order chi connectivity index (χ0) is 16.4. The standard InChI is InChI=1S/C18H17N3O2/c1-11(2)12-3-5-13(6-4-12)17-10-19-15-8-7-14(18(22)21-23)9-16(15)20-17/h3-11,23H,1-2H3,(H,21,22). The summed E-state index contributed by atoms with van der Waals surface area (Å²) in [5.74, 6) is -0.0910. The zero-order valence-corrected chi connectivity index (χ0v) is 12.9. The molecule has 0 unspecified atom stereocenters. The predicted molar refractivity (Wildman–Crippen MR) is 88.3 cm³/mol. The summed E-state index contributed by atoms with van der Waals surface area (Å²) in [7, 11) is 0. The van der Waals surface area contributed by atoms with Gasteiger partial charge in [-0.2, -0.15) is 0 Å². The van der Waals surface area contributed by atoms with E-state index in [0.29, 0.717) is 22.5 Å². The third kappa shape index (κ3) is 3.05. The predicted octanol–water partition coefficient (Wildman–Crippen LogP) is 3.54. The van der Waals surface area contributed by atoms with E-state index in [1.807, 2.05) is 12.1 Å². The van der Waals surface area contributed by atoms with Crippen molar-refractivity contribution in [1.82, 2.24) is 15.4 Å². The molecule has 23 heavy (non-hydrogen) atoms. The van der Waals surface area contributed by atoms with Crippen molar-refractivity contribution in [3.05, 3.63) is 59.8 Å². The number of benzene rings is 2. The van der Waals surface area contributed by atoms with Crippen molar-refractivity contribution in [2.45, 2.75) is 19.8 Å². The fourth-order valence-electron chi connectivity index (χ4n) is 2.40. The molecule has 0 spiro atoms. The molecule has 0 saturated carbocycles. The molecule has 0 aliphatic carbocycles. The Balaban J connectivity index is 2.02. The molecular weight excluding hydrogens is 290 g/mol. The van der Waals surface area contributed by atoms with Crippen molar-refractivity contribution < 1.29 is 10.0 Å². The van der Waals surface area contributed by atoms with Gasteiger partial charge in [-0.1, -0.05) is 38.1 Å². The van der Waals surface area contributed by atoms with Gasteiger partial charge in [-0.05, 0) is 29.7 Å². The van der Waals surface area contributed by atoms with Crippen LogP contribution in [0.25, 0.3) is 22.3 Å². The van der Waals surface area contributed by atoms with E-state index >= 15 is 0 Å². The Morgan fingerprint density at radius 2 is 1.83 bits per heavy atom. The van der Waals surface area contributed by atoms with Gasteiger partial charge in [0.05, 0.1) is 22.9 Å². The number of hydroxylamine groups is 1. The summed E-state index contributed by atoms with van der Waals surface area (Å²) in [6, 6.07) is 13.1. The molecule has 1 amide bonds. The second-order valence-corrected chi connectivity index (χ2v) is 5.68. The third-order valence-corrected chi connectivity index (χ3v) is 3.78. The molecule has 3 rings (SSSR count). The Labute approximate surface area is 134 Å². The summed E-state index contributed by atoms with van der Waals surface area (Å²) in [6.45, 7) is 4.30. The van der Waals surface area contributed by atoms with Crippen LogP contribution < -0.4 is 5.48 Å². The number of fused-ring (bicyclic) bond motifs is 1. The summed E-state index contributed by atoms with van der Waals surface area (Å²) < 4.78 is 0. The van der Waals surface area contributed by atoms with Crippen LogP contribution in [0.4, 0.5) is 0 Å². The fourth-order valence-corrected chi connectivity index (χ4v) is 2.40. The van der Waals surface area contributed by atoms with Gasteiger partial charge in [0.2, 0.25) is 0 Å². The topological polar surface area (TPSA) is 75.1 Å². The van der Waals surface area contributed by atoms with Crippen LogP contribution in [0.5, 0.6) is 0 Å². The Morgan fingerprint density at radius 3 is 2.48 bits per heavy atom. The second kappa shape index (κ2) is 6.14. The summed E-state index contributed by atoms with van der Waals surface area (Å²) in [5.41, 5.74) is 6.25. The van der Waals surface area contributed by atoms with Crippen molar-refractivity contribution in [1.29, 1.82) is 0 Å². The highest BCUT2D eigenvalue weighted by atomic mass is 16.5. The van der Waals surface area contributed by atoms with Gasteiger partial charge in [0.1, 0.15) is 0 Å². The number of hydrogen-bond acceptors (Lipinski definition) is 4. The number of hydrogen-bond donors (Lipinski definition) is 2. The van der Waals surface area contributed by atoms with Gasteiger partial charge in [0.25, 0.3) is 5.91 Å². The van der Waals surface area contributed by atoms with E-state index in [-0.39, 0.29) is 0 Å². The maximum atomic E-state index is 11.5. The molecule has 3 aromatic rings. The fraction of sp³-hybridized carbons (Fsp3) is 0.167. The van der Waals surface area contributed by atoms with E-state index in [0.717, 1.165) is 11.3 Å². The lowest BCUT2D eigenvalue weighted by molar-refractivity contribution is 0.0706. The van der Waals surface area contributed by atoms with E-state index in [9.17, 15) is 4.79 Å². The van der Waals surface area contributed by atoms with Gasteiger partial charge in [0, 0.05) is 11.1 Å². The highest BCUT2D eigenvalue weighted by molar-refractivity contribution is 5.96. The molecule has 0 atom stereocenters. The first-order valence-corrected chi connectivity index (χ1v) is 7.40. The Hall–Kier alpha value is -2.79. The minimum Gasteiger partial charge on any atom is -0.288 e. The van der Waals surface area contributed by atoms with Crippen molar-refractivity contribution >= 4 is 16.9 Å². The van der Waals surface area contributed by atoms with E-state index < -0.39 is 5.91 Å². The van der Waals surface area contributed by atoms with Crippen LogP contribution in [0.15, 0.2) is 48.7 Å². The van der Waals surface area contributed by atoms with Gasteiger partial charge in [0.15, 0.2) is 0 Å². The molecule has 116 valence electrons. The first kappa shape index (κ1) is 15.1. The monoisotopic (exact) mass is 307 g/mol. The lowest BCUT2D eigenvalue weighted by Crippen LogP contribution is -2.18. The molecule has 5 heteroatoms. The molecule has 0 aliphatic rings. The molecule has 2 aromatic carbocycles. The lowest BCUT2D eigenvalue weighted by atomic mass is 10.0. The van der Waals surface area contributed by atoms with Gasteiger partial charge >= 0.3 is 0 Å². The van der Waals surface area contributed by atoms with Crippen molar-refractivity contribution in [3.8, 4) is 11.3 Å². The minimum absolute atomic E-state index is 0.335. The number of nitrogens with one attached hydrogen (secondary N) is 1. The van der Waals surface area contributed by atoms with Crippen LogP contribution in [0.3, 0.4) is 0 Å². The lowest BCUT2D eigenvalue weighted by Gasteiger charge is -2.07. The van der Waals surface area contributed by atoms with E-state index in [1.165, 1.54) is 5.56 Å². The van der Waals surface area contributed by atoms with Gasteiger partial charge in [-0.15, -0.1) is 0 Å². The summed E-state index contributed by atoms with van der Waals surface area (Å²) in [4.78, 5) is 20.5. The number of amides is 1. The number of carbonyl (C=O) groups is 1. The number of nitrogens with zero attached hydrogens (tertiary/aromatic N) is 2. The Kier molecular flexibility index (Phi) is 4.04. The van der Waals surface area contributed by atoms with Crippen molar-refractivity contribution in [2.75, 3.05) is 0 Å². The molecule has 5 nitrogen and oxygen atoms in total. The number of rotatable bonds is 3. The van der Waals surface area contributed by atoms with Crippen LogP contribution in [-0.4, -0.2) is 21.1 Å². The number of carbonyl (C=O) groups excluding carboxylic acids is 1. The zero-order valence-electron chi connectivity index (χ0n) is 12.9. The molecule has 0 saturated heterocycles. The Morgan fingerprint density at radius 1 is 1.09 bits per heavy atom. The quantitative estimate of drug-likeness (QED) is 0.573. The van der Waals surface area contributed by atoms with E-state index in [4.69, 9.17) is 5.21 Å². The molecule has 0 aliphatic heterocycles. The maximum Gasteiger partial charge on any atom is 0.274 e. The SMILES string of the molecule is CC(C)c1ccc(-c2cnc3ccc(C(=O)NO)cc3n2)cc1. The first-order chi connectivity index (χ1) is 11.1. The third-order valence-electron chi connectivity index (χ3n) is 3.78. The normalized spacial score (nSPS) is 11.0. The maximum absolute atomic E-state index is 11.5. The average Bonchev–Trinajstić information content (AvgIpc) is 2.60. The Bertz CT molecular complexity index is 858. The molecular formula is C18H17N3O2. The van der Waals surface area contributed by atoms with E-state index in [1.54, 1.807) is 29.9 Å². The van der Waals surface area contributed by atoms with Crippen molar-refractivity contribution in [3.63, 3.8) is 0 Å².